The van der Waals surface area contributed by atoms with Crippen LogP contribution in [-0.4, -0.2) is 47.9 Å². The zero-order chi connectivity index (χ0) is 19.2. The molecule has 1 heterocycles. The predicted molar refractivity (Wildman–Crippen MR) is 106 cm³/mol. The summed E-state index contributed by atoms with van der Waals surface area (Å²) in [6.07, 6.45) is 0.418. The molecule has 5 heteroatoms. The number of rotatable bonds is 4. The second kappa shape index (κ2) is 8.71. The molecule has 0 aromatic heterocycles. The zero-order valence-electron chi connectivity index (χ0n) is 16.1. The Morgan fingerprint density at radius 2 is 1.52 bits per heavy atom. The number of amides is 3. The van der Waals surface area contributed by atoms with Crippen LogP contribution >= 0.6 is 0 Å². The van der Waals surface area contributed by atoms with Gasteiger partial charge in [0.25, 0.3) is 0 Å². The molecule has 0 spiro atoms. The molecule has 142 valence electrons. The van der Waals surface area contributed by atoms with Crippen molar-refractivity contribution in [2.24, 2.45) is 0 Å². The van der Waals surface area contributed by atoms with Crippen LogP contribution in [0, 0.1) is 13.8 Å². The molecule has 1 aliphatic heterocycles. The van der Waals surface area contributed by atoms with Crippen LogP contribution in [0.2, 0.25) is 0 Å². The second-order valence-corrected chi connectivity index (χ2v) is 7.11. The summed E-state index contributed by atoms with van der Waals surface area (Å²) in [6.45, 7) is 6.97. The van der Waals surface area contributed by atoms with Crippen LogP contribution < -0.4 is 5.32 Å². The Labute approximate surface area is 161 Å². The Morgan fingerprint density at radius 3 is 2.19 bits per heavy atom. The van der Waals surface area contributed by atoms with Crippen LogP contribution in [0.25, 0.3) is 0 Å². The largest absolute Gasteiger partial charge is 0.339 e. The number of benzene rings is 2. The van der Waals surface area contributed by atoms with E-state index in [9.17, 15) is 9.59 Å². The zero-order valence-corrected chi connectivity index (χ0v) is 16.1. The summed E-state index contributed by atoms with van der Waals surface area (Å²) < 4.78 is 0. The van der Waals surface area contributed by atoms with Crippen LogP contribution in [0.4, 0.5) is 4.79 Å². The van der Waals surface area contributed by atoms with Crippen molar-refractivity contribution >= 4 is 11.9 Å². The van der Waals surface area contributed by atoms with Crippen LogP contribution in [0.3, 0.4) is 0 Å². The molecular formula is C22H27N3O2. The molecule has 2 aromatic carbocycles. The Hall–Kier alpha value is -2.82. The van der Waals surface area contributed by atoms with E-state index in [1.807, 2.05) is 41.3 Å². The molecule has 1 N–H and O–H groups in total. The van der Waals surface area contributed by atoms with Crippen molar-refractivity contribution in [3.63, 3.8) is 0 Å². The van der Waals surface area contributed by atoms with Gasteiger partial charge in [0.1, 0.15) is 0 Å². The first-order valence-electron chi connectivity index (χ1n) is 9.43. The van der Waals surface area contributed by atoms with Crippen LogP contribution in [-0.2, 0) is 17.8 Å². The maximum Gasteiger partial charge on any atom is 0.317 e. The number of carbonyl (C=O) groups is 2. The molecule has 2 aromatic rings. The normalized spacial score (nSPS) is 14.1. The average Bonchev–Trinajstić information content (AvgIpc) is 2.70. The first-order chi connectivity index (χ1) is 13.0. The molecule has 0 unspecified atom stereocenters. The Kier molecular flexibility index (Phi) is 6.12. The van der Waals surface area contributed by atoms with Gasteiger partial charge in [0, 0.05) is 32.7 Å². The molecule has 27 heavy (non-hydrogen) atoms. The van der Waals surface area contributed by atoms with Gasteiger partial charge in [-0.2, -0.15) is 0 Å². The third kappa shape index (κ3) is 5.09. The molecule has 1 saturated heterocycles. The number of nitrogens with zero attached hydrogens (tertiary/aromatic N) is 2. The topological polar surface area (TPSA) is 52.7 Å². The minimum absolute atomic E-state index is 0.0693. The Bertz CT molecular complexity index is 796. The van der Waals surface area contributed by atoms with Crippen LogP contribution in [0.15, 0.2) is 48.5 Å². The highest BCUT2D eigenvalue weighted by molar-refractivity contribution is 5.79. The van der Waals surface area contributed by atoms with Gasteiger partial charge >= 0.3 is 6.03 Å². The van der Waals surface area contributed by atoms with Crippen LogP contribution in [0.1, 0.15) is 22.3 Å². The van der Waals surface area contributed by atoms with E-state index in [-0.39, 0.29) is 11.9 Å². The number of carbonyl (C=O) groups excluding carboxylic acids is 2. The van der Waals surface area contributed by atoms with E-state index < -0.39 is 0 Å². The molecule has 0 radical (unpaired) electrons. The highest BCUT2D eigenvalue weighted by atomic mass is 16.2. The standard InChI is InChI=1S/C22H27N3O2/c1-17-8-9-20(14-18(17)2)15-21(26)24-10-12-25(13-11-24)22(27)23-16-19-6-4-3-5-7-19/h3-9,14H,10-13,15-16H2,1-2H3,(H,23,27). The summed E-state index contributed by atoms with van der Waals surface area (Å²) >= 11 is 0. The summed E-state index contributed by atoms with van der Waals surface area (Å²) in [4.78, 5) is 28.5. The number of aryl methyl sites for hydroxylation is 2. The van der Waals surface area contributed by atoms with Crippen molar-refractivity contribution in [2.45, 2.75) is 26.8 Å². The van der Waals surface area contributed by atoms with E-state index in [1.165, 1.54) is 11.1 Å². The average molecular weight is 365 g/mol. The van der Waals surface area contributed by atoms with E-state index in [4.69, 9.17) is 0 Å². The maximum absolute atomic E-state index is 12.6. The molecule has 1 fully saturated rings. The van der Waals surface area contributed by atoms with E-state index in [2.05, 4.69) is 31.3 Å². The smallest absolute Gasteiger partial charge is 0.317 e. The van der Waals surface area contributed by atoms with Gasteiger partial charge in [0.05, 0.1) is 6.42 Å². The number of urea groups is 1. The molecular weight excluding hydrogens is 338 g/mol. The summed E-state index contributed by atoms with van der Waals surface area (Å²) in [5.74, 6) is 0.127. The highest BCUT2D eigenvalue weighted by Crippen LogP contribution is 2.12. The van der Waals surface area contributed by atoms with Crippen molar-refractivity contribution < 1.29 is 9.59 Å². The van der Waals surface area contributed by atoms with Gasteiger partial charge < -0.3 is 15.1 Å². The van der Waals surface area contributed by atoms with E-state index in [1.54, 1.807) is 4.90 Å². The number of hydrogen-bond acceptors (Lipinski definition) is 2. The third-order valence-corrected chi connectivity index (χ3v) is 5.13. The lowest BCUT2D eigenvalue weighted by molar-refractivity contribution is -0.131. The fraction of sp³-hybridized carbons (Fsp3) is 0.364. The summed E-state index contributed by atoms with van der Waals surface area (Å²) in [7, 11) is 0. The molecule has 3 amide bonds. The van der Waals surface area contributed by atoms with Gasteiger partial charge in [-0.25, -0.2) is 4.79 Å². The molecule has 0 aliphatic carbocycles. The summed E-state index contributed by atoms with van der Waals surface area (Å²) in [5.41, 5.74) is 4.57. The SMILES string of the molecule is Cc1ccc(CC(=O)N2CCN(C(=O)NCc3ccccc3)CC2)cc1C. The first-order valence-corrected chi connectivity index (χ1v) is 9.43. The van der Waals surface area contributed by atoms with Crippen molar-refractivity contribution in [1.29, 1.82) is 0 Å². The van der Waals surface area contributed by atoms with Crippen molar-refractivity contribution in [1.82, 2.24) is 15.1 Å². The maximum atomic E-state index is 12.6. The fourth-order valence-corrected chi connectivity index (χ4v) is 3.24. The minimum atomic E-state index is -0.0693. The first kappa shape index (κ1) is 19.0. The van der Waals surface area contributed by atoms with Crippen molar-refractivity contribution in [3.8, 4) is 0 Å². The van der Waals surface area contributed by atoms with Gasteiger partial charge in [0.15, 0.2) is 0 Å². The highest BCUT2D eigenvalue weighted by Gasteiger charge is 2.24. The predicted octanol–water partition coefficient (Wildman–Crippen LogP) is 2.90. The van der Waals surface area contributed by atoms with Gasteiger partial charge in [0.2, 0.25) is 5.91 Å². The Morgan fingerprint density at radius 1 is 0.852 bits per heavy atom. The lowest BCUT2D eigenvalue weighted by Crippen LogP contribution is -2.53. The summed E-state index contributed by atoms with van der Waals surface area (Å²) in [6, 6.07) is 16.0. The molecule has 0 atom stereocenters. The van der Waals surface area contributed by atoms with E-state index >= 15 is 0 Å². The molecule has 0 bridgehead atoms. The lowest BCUT2D eigenvalue weighted by Gasteiger charge is -2.34. The Balaban J connectivity index is 1.45. The number of nitrogens with one attached hydrogen (secondary N) is 1. The monoisotopic (exact) mass is 365 g/mol. The van der Waals surface area contributed by atoms with Gasteiger partial charge in [-0.1, -0.05) is 48.5 Å². The third-order valence-electron chi connectivity index (χ3n) is 5.13. The van der Waals surface area contributed by atoms with Gasteiger partial charge in [-0.3, -0.25) is 4.79 Å². The fourth-order valence-electron chi connectivity index (χ4n) is 3.24. The minimum Gasteiger partial charge on any atom is -0.339 e. The van der Waals surface area contributed by atoms with E-state index in [0.29, 0.717) is 39.1 Å². The second-order valence-electron chi connectivity index (χ2n) is 7.11. The van der Waals surface area contributed by atoms with Crippen molar-refractivity contribution in [3.05, 3.63) is 70.8 Å². The number of hydrogen-bond donors (Lipinski definition) is 1. The lowest BCUT2D eigenvalue weighted by atomic mass is 10.0. The molecule has 3 rings (SSSR count). The van der Waals surface area contributed by atoms with E-state index in [0.717, 1.165) is 11.1 Å². The van der Waals surface area contributed by atoms with Gasteiger partial charge in [-0.15, -0.1) is 0 Å². The molecule has 0 saturated carbocycles. The molecule has 5 nitrogen and oxygen atoms in total. The quantitative estimate of drug-likeness (QED) is 0.906. The van der Waals surface area contributed by atoms with Gasteiger partial charge in [-0.05, 0) is 36.1 Å². The summed E-state index contributed by atoms with van der Waals surface area (Å²) in [5, 5.41) is 2.95. The van der Waals surface area contributed by atoms with Crippen LogP contribution in [0.5, 0.6) is 0 Å². The number of piperazine rings is 1. The van der Waals surface area contributed by atoms with Crippen molar-refractivity contribution in [2.75, 3.05) is 26.2 Å². The molecule has 1 aliphatic rings.